The number of aromatic nitrogens is 2. The molecule has 1 aromatic carbocycles. The Bertz CT molecular complexity index is 884. The van der Waals surface area contributed by atoms with E-state index in [2.05, 4.69) is 50.5 Å². The molecule has 3 aromatic rings. The molecule has 0 radical (unpaired) electrons. The SMILES string of the molecule is c1cc2cc(-c3cncc(NC4CCN5CCCC4C5)c3)ccc2[nH]1. The molecule has 0 amide bonds. The molecule has 0 aliphatic carbocycles. The number of hydrogen-bond donors (Lipinski definition) is 2. The normalized spacial score (nSPS) is 25.8. The number of benzene rings is 1. The van der Waals surface area contributed by atoms with Crippen molar-refractivity contribution in [1.29, 1.82) is 0 Å². The van der Waals surface area contributed by atoms with Crippen LogP contribution in [0.15, 0.2) is 48.9 Å². The molecule has 3 atom stereocenters. The maximum atomic E-state index is 4.49. The van der Waals surface area contributed by atoms with Crippen LogP contribution in [0.1, 0.15) is 19.3 Å². The number of nitrogens with one attached hydrogen (secondary N) is 2. The van der Waals surface area contributed by atoms with Crippen LogP contribution in [0.3, 0.4) is 0 Å². The second-order valence-electron chi connectivity index (χ2n) is 7.48. The second kappa shape index (κ2) is 6.19. The van der Waals surface area contributed by atoms with E-state index in [9.17, 15) is 0 Å². The van der Waals surface area contributed by atoms with Gasteiger partial charge in [0.05, 0.1) is 5.69 Å². The van der Waals surface area contributed by atoms with E-state index in [0.717, 1.165) is 11.6 Å². The first kappa shape index (κ1) is 15.0. The molecular weight excluding hydrogens is 308 g/mol. The van der Waals surface area contributed by atoms with Crippen LogP contribution in [0.25, 0.3) is 22.0 Å². The highest BCUT2D eigenvalue weighted by Gasteiger charge is 2.31. The van der Waals surface area contributed by atoms with Gasteiger partial charge in [0.25, 0.3) is 0 Å². The Morgan fingerprint density at radius 3 is 3.04 bits per heavy atom. The Morgan fingerprint density at radius 2 is 2.04 bits per heavy atom. The standard InChI is InChI=1S/C21H24N4/c1-2-17-14-25(8-1)9-6-21(17)24-19-11-18(12-22-13-19)15-3-4-20-16(10-15)5-7-23-20/h3-5,7,10-13,17,21,23-24H,1-2,6,8-9,14H2. The van der Waals surface area contributed by atoms with Gasteiger partial charge in [-0.15, -0.1) is 0 Å². The molecule has 2 N–H and O–H groups in total. The summed E-state index contributed by atoms with van der Waals surface area (Å²) in [6.07, 6.45) is 9.85. The van der Waals surface area contributed by atoms with Crippen molar-refractivity contribution in [1.82, 2.24) is 14.9 Å². The molecule has 2 aliphatic heterocycles. The number of hydrogen-bond acceptors (Lipinski definition) is 3. The number of anilines is 1. The first-order valence-electron chi connectivity index (χ1n) is 9.37. The summed E-state index contributed by atoms with van der Waals surface area (Å²) < 4.78 is 0. The summed E-state index contributed by atoms with van der Waals surface area (Å²) in [6, 6.07) is 11.5. The zero-order chi connectivity index (χ0) is 16.6. The zero-order valence-electron chi connectivity index (χ0n) is 14.4. The minimum atomic E-state index is 0.584. The summed E-state index contributed by atoms with van der Waals surface area (Å²) in [4.78, 5) is 10.4. The molecule has 2 aliphatic rings. The highest BCUT2D eigenvalue weighted by molar-refractivity contribution is 5.85. The lowest BCUT2D eigenvalue weighted by Crippen LogP contribution is -2.49. The van der Waals surface area contributed by atoms with Gasteiger partial charge in [-0.2, -0.15) is 0 Å². The highest BCUT2D eigenvalue weighted by atomic mass is 15.2. The van der Waals surface area contributed by atoms with E-state index in [4.69, 9.17) is 0 Å². The Kier molecular flexibility index (Phi) is 3.71. The van der Waals surface area contributed by atoms with Gasteiger partial charge in [0.2, 0.25) is 0 Å². The Balaban J connectivity index is 1.39. The van der Waals surface area contributed by atoms with Crippen LogP contribution >= 0.6 is 0 Å². The van der Waals surface area contributed by atoms with Crippen molar-refractivity contribution in [3.05, 3.63) is 48.9 Å². The van der Waals surface area contributed by atoms with E-state index in [0.29, 0.717) is 6.04 Å². The summed E-state index contributed by atoms with van der Waals surface area (Å²) in [6.45, 7) is 3.78. The van der Waals surface area contributed by atoms with Gasteiger partial charge in [-0.3, -0.25) is 4.98 Å². The third-order valence-corrected chi connectivity index (χ3v) is 5.84. The van der Waals surface area contributed by atoms with Crippen molar-refractivity contribution in [3.8, 4) is 11.1 Å². The number of H-pyrrole nitrogens is 1. The predicted octanol–water partition coefficient (Wildman–Crippen LogP) is 4.13. The fourth-order valence-electron chi connectivity index (χ4n) is 4.49. The van der Waals surface area contributed by atoms with Crippen LogP contribution in [0, 0.1) is 5.92 Å². The van der Waals surface area contributed by atoms with Crippen molar-refractivity contribution in [2.45, 2.75) is 25.3 Å². The number of aromatic amines is 1. The van der Waals surface area contributed by atoms with E-state index >= 15 is 0 Å². The van der Waals surface area contributed by atoms with Crippen molar-refractivity contribution in [2.24, 2.45) is 5.92 Å². The smallest absolute Gasteiger partial charge is 0.0535 e. The fourth-order valence-corrected chi connectivity index (χ4v) is 4.49. The lowest BCUT2D eigenvalue weighted by atomic mass is 9.85. The van der Waals surface area contributed by atoms with Crippen molar-refractivity contribution < 1.29 is 0 Å². The monoisotopic (exact) mass is 332 g/mol. The van der Waals surface area contributed by atoms with Gasteiger partial charge < -0.3 is 15.2 Å². The average Bonchev–Trinajstić information content (AvgIpc) is 3.12. The quantitative estimate of drug-likeness (QED) is 0.758. The fraction of sp³-hybridized carbons (Fsp3) is 0.381. The van der Waals surface area contributed by atoms with Crippen LogP contribution in [0.4, 0.5) is 5.69 Å². The topological polar surface area (TPSA) is 44.0 Å². The van der Waals surface area contributed by atoms with Gasteiger partial charge in [0.1, 0.15) is 0 Å². The Morgan fingerprint density at radius 1 is 1.04 bits per heavy atom. The lowest BCUT2D eigenvalue weighted by Gasteiger charge is -2.43. The van der Waals surface area contributed by atoms with Gasteiger partial charge in [-0.25, -0.2) is 0 Å². The minimum Gasteiger partial charge on any atom is -0.381 e. The average molecular weight is 332 g/mol. The number of pyridine rings is 1. The highest BCUT2D eigenvalue weighted by Crippen LogP contribution is 2.30. The van der Waals surface area contributed by atoms with Crippen LogP contribution in [-0.2, 0) is 0 Å². The van der Waals surface area contributed by atoms with E-state index in [1.165, 1.54) is 60.9 Å². The Hall–Kier alpha value is -2.33. The van der Waals surface area contributed by atoms with Gasteiger partial charge in [0.15, 0.2) is 0 Å². The lowest BCUT2D eigenvalue weighted by molar-refractivity contribution is 0.113. The van der Waals surface area contributed by atoms with Gasteiger partial charge in [-0.1, -0.05) is 6.07 Å². The third kappa shape index (κ3) is 2.91. The van der Waals surface area contributed by atoms with Crippen molar-refractivity contribution in [3.63, 3.8) is 0 Å². The molecule has 2 aromatic heterocycles. The molecule has 2 bridgehead atoms. The maximum absolute atomic E-state index is 4.49. The van der Waals surface area contributed by atoms with Crippen LogP contribution in [0.5, 0.6) is 0 Å². The van der Waals surface area contributed by atoms with E-state index < -0.39 is 0 Å². The molecule has 4 heteroatoms. The molecule has 4 nitrogen and oxygen atoms in total. The maximum Gasteiger partial charge on any atom is 0.0535 e. The van der Waals surface area contributed by atoms with E-state index in [-0.39, 0.29) is 0 Å². The van der Waals surface area contributed by atoms with Crippen LogP contribution in [-0.4, -0.2) is 40.5 Å². The molecule has 2 saturated heterocycles. The minimum absolute atomic E-state index is 0.584. The largest absolute Gasteiger partial charge is 0.381 e. The molecule has 2 fully saturated rings. The number of rotatable bonds is 3. The Labute approximate surface area is 148 Å². The number of nitrogens with zero attached hydrogens (tertiary/aromatic N) is 2. The first-order valence-corrected chi connectivity index (χ1v) is 9.37. The van der Waals surface area contributed by atoms with Crippen molar-refractivity contribution >= 4 is 16.6 Å². The van der Waals surface area contributed by atoms with Crippen molar-refractivity contribution in [2.75, 3.05) is 25.0 Å². The molecule has 128 valence electrons. The van der Waals surface area contributed by atoms with Crippen LogP contribution in [0.2, 0.25) is 0 Å². The van der Waals surface area contributed by atoms with Crippen LogP contribution < -0.4 is 5.32 Å². The second-order valence-corrected chi connectivity index (χ2v) is 7.48. The summed E-state index contributed by atoms with van der Waals surface area (Å²) >= 11 is 0. The third-order valence-electron chi connectivity index (χ3n) is 5.84. The van der Waals surface area contributed by atoms with Gasteiger partial charge >= 0.3 is 0 Å². The molecule has 5 rings (SSSR count). The summed E-state index contributed by atoms with van der Waals surface area (Å²) in [7, 11) is 0. The summed E-state index contributed by atoms with van der Waals surface area (Å²) in [5.41, 5.74) is 4.72. The predicted molar refractivity (Wildman–Crippen MR) is 103 cm³/mol. The number of piperidine rings is 2. The molecule has 25 heavy (non-hydrogen) atoms. The number of fused-ring (bicyclic) bond motifs is 3. The summed E-state index contributed by atoms with van der Waals surface area (Å²) in [5.74, 6) is 0.780. The van der Waals surface area contributed by atoms with Gasteiger partial charge in [0, 0.05) is 48.8 Å². The van der Waals surface area contributed by atoms with Gasteiger partial charge in [-0.05, 0) is 66.9 Å². The van der Waals surface area contributed by atoms with E-state index in [1.54, 1.807) is 0 Å². The molecule has 3 unspecified atom stereocenters. The molecule has 4 heterocycles. The summed E-state index contributed by atoms with van der Waals surface area (Å²) in [5, 5.41) is 5.02. The molecule has 0 saturated carbocycles. The zero-order valence-corrected chi connectivity index (χ0v) is 14.4. The molecular formula is C21H24N4. The van der Waals surface area contributed by atoms with E-state index in [1.807, 2.05) is 18.6 Å². The first-order chi connectivity index (χ1) is 12.3. The molecule has 0 spiro atoms.